The molecule has 1 saturated heterocycles. The van der Waals surface area contributed by atoms with Crippen molar-refractivity contribution >= 4 is 16.9 Å². The van der Waals surface area contributed by atoms with Crippen molar-refractivity contribution in [2.75, 3.05) is 19.6 Å². The third-order valence-electron chi connectivity index (χ3n) is 5.08. The second-order valence-electron chi connectivity index (χ2n) is 6.82. The third-order valence-corrected chi connectivity index (χ3v) is 5.08. The molecule has 4 heterocycles. The fraction of sp³-hybridized carbons (Fsp3) is 0.444. The fourth-order valence-electron chi connectivity index (χ4n) is 3.68. The van der Waals surface area contributed by atoms with E-state index in [-0.39, 0.29) is 11.9 Å². The van der Waals surface area contributed by atoms with Gasteiger partial charge < -0.3 is 14.8 Å². The molecule has 1 aliphatic rings. The van der Waals surface area contributed by atoms with E-state index in [4.69, 9.17) is 0 Å². The van der Waals surface area contributed by atoms with Gasteiger partial charge in [-0.2, -0.15) is 5.10 Å². The highest BCUT2D eigenvalue weighted by Crippen LogP contribution is 2.26. The lowest BCUT2D eigenvalue weighted by Gasteiger charge is -2.36. The van der Waals surface area contributed by atoms with Crippen LogP contribution in [0.1, 0.15) is 33.6 Å². The number of fused-ring (bicyclic) bond motifs is 1. The molecule has 0 bridgehead atoms. The molecule has 3 aromatic heterocycles. The van der Waals surface area contributed by atoms with E-state index in [1.807, 2.05) is 49.7 Å². The Morgan fingerprint density at radius 1 is 1.27 bits per heavy atom. The topological polar surface area (TPSA) is 80.9 Å². The van der Waals surface area contributed by atoms with E-state index < -0.39 is 0 Å². The van der Waals surface area contributed by atoms with Crippen molar-refractivity contribution in [1.29, 1.82) is 0 Å². The van der Waals surface area contributed by atoms with Crippen molar-refractivity contribution in [3.05, 3.63) is 41.2 Å². The number of aromatic nitrogens is 5. The fourth-order valence-corrected chi connectivity index (χ4v) is 3.68. The van der Waals surface area contributed by atoms with Crippen molar-refractivity contribution in [3.8, 4) is 0 Å². The van der Waals surface area contributed by atoms with Crippen molar-refractivity contribution in [3.63, 3.8) is 0 Å². The summed E-state index contributed by atoms with van der Waals surface area (Å²) in [5, 5.41) is 8.71. The van der Waals surface area contributed by atoms with Gasteiger partial charge in [0.2, 0.25) is 0 Å². The molecular formula is C18H23N7O. The first kappa shape index (κ1) is 16.7. The number of nitrogens with zero attached hydrogens (tertiary/aromatic N) is 6. The molecule has 1 N–H and O–H groups in total. The highest BCUT2D eigenvalue weighted by molar-refractivity contribution is 5.99. The number of hydrogen-bond acceptors (Lipinski definition) is 5. The summed E-state index contributed by atoms with van der Waals surface area (Å²) < 4.78 is 3.73. The van der Waals surface area contributed by atoms with Crippen LogP contribution < -0.4 is 5.32 Å². The van der Waals surface area contributed by atoms with Crippen LogP contribution in [0.5, 0.6) is 0 Å². The molecule has 3 aromatic rings. The van der Waals surface area contributed by atoms with Gasteiger partial charge in [-0.25, -0.2) is 9.97 Å². The molecule has 1 aliphatic heterocycles. The van der Waals surface area contributed by atoms with Crippen LogP contribution in [0.2, 0.25) is 0 Å². The summed E-state index contributed by atoms with van der Waals surface area (Å²) in [5.41, 5.74) is 3.04. The molecule has 4 rings (SSSR count). The first-order valence-corrected chi connectivity index (χ1v) is 8.77. The molecule has 26 heavy (non-hydrogen) atoms. The predicted molar refractivity (Wildman–Crippen MR) is 97.8 cm³/mol. The quantitative estimate of drug-likeness (QED) is 0.746. The molecule has 0 radical (unpaired) electrons. The van der Waals surface area contributed by atoms with Gasteiger partial charge in [0.1, 0.15) is 11.9 Å². The van der Waals surface area contributed by atoms with Crippen LogP contribution in [0, 0.1) is 13.8 Å². The number of rotatable bonds is 2. The Bertz CT molecular complexity index is 987. The lowest BCUT2D eigenvalue weighted by atomic mass is 10.1. The van der Waals surface area contributed by atoms with Gasteiger partial charge in [-0.05, 0) is 19.9 Å². The molecule has 8 nitrogen and oxygen atoms in total. The summed E-state index contributed by atoms with van der Waals surface area (Å²) in [7, 11) is 3.83. The van der Waals surface area contributed by atoms with E-state index in [0.29, 0.717) is 18.7 Å². The lowest BCUT2D eigenvalue weighted by Crippen LogP contribution is -2.49. The molecule has 8 heteroatoms. The Labute approximate surface area is 151 Å². The molecule has 0 spiro atoms. The first-order chi connectivity index (χ1) is 12.5. The van der Waals surface area contributed by atoms with Gasteiger partial charge in [-0.15, -0.1) is 0 Å². The Morgan fingerprint density at radius 3 is 2.81 bits per heavy atom. The minimum Gasteiger partial charge on any atom is -0.336 e. The summed E-state index contributed by atoms with van der Waals surface area (Å²) in [5.74, 6) is 0.879. The van der Waals surface area contributed by atoms with Crippen molar-refractivity contribution in [2.24, 2.45) is 14.1 Å². The second-order valence-corrected chi connectivity index (χ2v) is 6.82. The maximum atomic E-state index is 13.4. The molecule has 136 valence electrons. The van der Waals surface area contributed by atoms with Gasteiger partial charge >= 0.3 is 0 Å². The van der Waals surface area contributed by atoms with Crippen molar-refractivity contribution in [1.82, 2.24) is 34.5 Å². The number of pyridine rings is 1. The predicted octanol–water partition coefficient (Wildman–Crippen LogP) is 1.11. The van der Waals surface area contributed by atoms with Crippen LogP contribution >= 0.6 is 0 Å². The van der Waals surface area contributed by atoms with Gasteiger partial charge in [-0.3, -0.25) is 9.48 Å². The molecule has 0 saturated carbocycles. The SMILES string of the molecule is Cc1nc2c(cc1C(=O)N1CCNCC1c1nccn1C)c(C)nn2C. The van der Waals surface area contributed by atoms with Gasteiger partial charge in [0.15, 0.2) is 5.65 Å². The van der Waals surface area contributed by atoms with Crippen molar-refractivity contribution in [2.45, 2.75) is 19.9 Å². The monoisotopic (exact) mass is 353 g/mol. The van der Waals surface area contributed by atoms with E-state index in [2.05, 4.69) is 20.4 Å². The van der Waals surface area contributed by atoms with Crippen LogP contribution in [-0.4, -0.2) is 54.8 Å². The van der Waals surface area contributed by atoms with Gasteiger partial charge in [0.25, 0.3) is 5.91 Å². The summed E-state index contributed by atoms with van der Waals surface area (Å²) in [6.07, 6.45) is 3.68. The smallest absolute Gasteiger partial charge is 0.256 e. The number of hydrogen-bond donors (Lipinski definition) is 1. The summed E-state index contributed by atoms with van der Waals surface area (Å²) in [6, 6.07) is 1.83. The number of carbonyl (C=O) groups is 1. The largest absolute Gasteiger partial charge is 0.336 e. The lowest BCUT2D eigenvalue weighted by molar-refractivity contribution is 0.0620. The van der Waals surface area contributed by atoms with E-state index in [0.717, 1.165) is 34.8 Å². The van der Waals surface area contributed by atoms with Crippen LogP contribution in [0.3, 0.4) is 0 Å². The number of imidazole rings is 1. The van der Waals surface area contributed by atoms with Crippen molar-refractivity contribution < 1.29 is 4.79 Å². The van der Waals surface area contributed by atoms with Crippen LogP contribution in [-0.2, 0) is 14.1 Å². The molecular weight excluding hydrogens is 330 g/mol. The van der Waals surface area contributed by atoms with E-state index in [1.165, 1.54) is 0 Å². The summed E-state index contributed by atoms with van der Waals surface area (Å²) >= 11 is 0. The van der Waals surface area contributed by atoms with E-state index in [9.17, 15) is 4.79 Å². The highest BCUT2D eigenvalue weighted by atomic mass is 16.2. The average molecular weight is 353 g/mol. The molecule has 1 unspecified atom stereocenters. The average Bonchev–Trinajstić information content (AvgIpc) is 3.17. The Balaban J connectivity index is 1.76. The number of nitrogens with one attached hydrogen (secondary N) is 1. The minimum atomic E-state index is -0.0960. The Hall–Kier alpha value is -2.74. The zero-order valence-corrected chi connectivity index (χ0v) is 15.5. The zero-order valence-electron chi connectivity index (χ0n) is 15.5. The number of aryl methyl sites for hydroxylation is 4. The molecule has 0 aliphatic carbocycles. The summed E-state index contributed by atoms with van der Waals surface area (Å²) in [4.78, 5) is 24.4. The zero-order chi connectivity index (χ0) is 18.4. The maximum absolute atomic E-state index is 13.4. The number of piperazine rings is 1. The normalized spacial score (nSPS) is 17.8. The molecule has 1 atom stereocenters. The summed E-state index contributed by atoms with van der Waals surface area (Å²) in [6.45, 7) is 5.92. The Kier molecular flexibility index (Phi) is 3.99. The van der Waals surface area contributed by atoms with Gasteiger partial charge in [0.05, 0.1) is 17.0 Å². The number of amides is 1. The van der Waals surface area contributed by atoms with Gasteiger partial charge in [-0.1, -0.05) is 0 Å². The van der Waals surface area contributed by atoms with Crippen LogP contribution in [0.4, 0.5) is 0 Å². The van der Waals surface area contributed by atoms with E-state index >= 15 is 0 Å². The highest BCUT2D eigenvalue weighted by Gasteiger charge is 2.32. The van der Waals surface area contributed by atoms with E-state index in [1.54, 1.807) is 10.9 Å². The first-order valence-electron chi connectivity index (χ1n) is 8.77. The third kappa shape index (κ3) is 2.57. The van der Waals surface area contributed by atoms with Gasteiger partial charge in [0, 0.05) is 51.5 Å². The molecule has 0 aromatic carbocycles. The number of carbonyl (C=O) groups excluding carboxylic acids is 1. The second kappa shape index (κ2) is 6.21. The Morgan fingerprint density at radius 2 is 2.08 bits per heavy atom. The van der Waals surface area contributed by atoms with Crippen LogP contribution in [0.15, 0.2) is 18.5 Å². The molecule has 1 fully saturated rings. The minimum absolute atomic E-state index is 0.00495. The standard InChI is InChI=1S/C18H23N7O/c1-11-14(9-13-12(2)22-24(4)16(13)21-11)18(26)25-8-5-19-10-15(25)17-20-6-7-23(17)3/h6-7,9,15,19H,5,8,10H2,1-4H3. The van der Waals surface area contributed by atoms with Crippen LogP contribution in [0.25, 0.3) is 11.0 Å². The molecule has 1 amide bonds. The maximum Gasteiger partial charge on any atom is 0.256 e.